The third-order valence-corrected chi connectivity index (χ3v) is 3.30. The molecule has 0 atom stereocenters. The smallest absolute Gasteiger partial charge is 0.123 e. The first-order valence-electron chi connectivity index (χ1n) is 4.85. The Morgan fingerprint density at radius 1 is 0.818 bits per heavy atom. The van der Waals surface area contributed by atoms with Crippen LogP contribution >= 0.6 is 0 Å². The van der Waals surface area contributed by atoms with Crippen LogP contribution in [0.4, 0.5) is 0 Å². The molecule has 0 radical (unpaired) electrons. The fourth-order valence-corrected chi connectivity index (χ4v) is 2.32. The molecule has 0 N–H and O–H groups in total. The van der Waals surface area contributed by atoms with Crippen LogP contribution in [-0.4, -0.2) is 6.29 Å². The highest BCUT2D eigenvalue weighted by Crippen LogP contribution is 2.44. The molecule has 0 saturated heterocycles. The minimum atomic E-state index is 0.407. The topological polar surface area (TPSA) is 17.1 Å². The van der Waals surface area contributed by atoms with E-state index < -0.39 is 0 Å². The van der Waals surface area contributed by atoms with Crippen LogP contribution in [0.15, 0.2) is 0 Å². The van der Waals surface area contributed by atoms with E-state index in [0.29, 0.717) is 5.92 Å². The van der Waals surface area contributed by atoms with Crippen LogP contribution in [0.25, 0.3) is 0 Å². The molecular formula is C10H16O. The van der Waals surface area contributed by atoms with Crippen LogP contribution in [0.1, 0.15) is 38.5 Å². The molecule has 2 fully saturated rings. The average Bonchev–Trinajstić information content (AvgIpc) is 2.87. The molecule has 0 aromatic heterocycles. The van der Waals surface area contributed by atoms with Crippen LogP contribution in [-0.2, 0) is 4.79 Å². The summed E-state index contributed by atoms with van der Waals surface area (Å²) in [5, 5.41) is 0. The number of rotatable bonds is 2. The summed E-state index contributed by atoms with van der Waals surface area (Å²) in [6, 6.07) is 0. The summed E-state index contributed by atoms with van der Waals surface area (Å²) < 4.78 is 0. The molecular weight excluding hydrogens is 136 g/mol. The molecule has 0 aliphatic heterocycles. The summed E-state index contributed by atoms with van der Waals surface area (Å²) in [5.74, 6) is 2.46. The van der Waals surface area contributed by atoms with Gasteiger partial charge in [0.05, 0.1) is 0 Å². The van der Waals surface area contributed by atoms with E-state index in [0.717, 1.165) is 18.1 Å². The largest absolute Gasteiger partial charge is 0.303 e. The van der Waals surface area contributed by atoms with Gasteiger partial charge in [-0.1, -0.05) is 0 Å². The number of carbonyl (C=O) groups is 1. The normalized spacial score (nSPS) is 38.5. The van der Waals surface area contributed by atoms with E-state index in [-0.39, 0.29) is 0 Å². The lowest BCUT2D eigenvalue weighted by atomic mass is 9.80. The van der Waals surface area contributed by atoms with Crippen LogP contribution in [0, 0.1) is 17.8 Å². The molecule has 2 aliphatic rings. The standard InChI is InChI=1S/C10H16O/c11-7-8-1-3-9(4-2-8)10-5-6-10/h7-10H,1-6H2/t8-,9-. The van der Waals surface area contributed by atoms with E-state index >= 15 is 0 Å². The van der Waals surface area contributed by atoms with Crippen LogP contribution < -0.4 is 0 Å². The minimum Gasteiger partial charge on any atom is -0.303 e. The highest BCUT2D eigenvalue weighted by molar-refractivity contribution is 5.53. The third-order valence-electron chi connectivity index (χ3n) is 3.30. The van der Waals surface area contributed by atoms with Crippen molar-refractivity contribution in [1.82, 2.24) is 0 Å². The Balaban J connectivity index is 1.79. The Bertz CT molecular complexity index is 141. The Hall–Kier alpha value is -0.330. The number of carbonyl (C=O) groups excluding carboxylic acids is 1. The molecule has 0 spiro atoms. The fourth-order valence-electron chi connectivity index (χ4n) is 2.32. The van der Waals surface area contributed by atoms with Crippen molar-refractivity contribution in [1.29, 1.82) is 0 Å². The van der Waals surface area contributed by atoms with E-state index in [1.807, 2.05) is 0 Å². The summed E-state index contributed by atoms with van der Waals surface area (Å²) in [6.45, 7) is 0. The van der Waals surface area contributed by atoms with Crippen molar-refractivity contribution in [2.45, 2.75) is 38.5 Å². The van der Waals surface area contributed by atoms with Gasteiger partial charge in [0.1, 0.15) is 6.29 Å². The van der Waals surface area contributed by atoms with Gasteiger partial charge in [-0.05, 0) is 50.4 Å². The third kappa shape index (κ3) is 1.63. The van der Waals surface area contributed by atoms with Gasteiger partial charge in [0.15, 0.2) is 0 Å². The molecule has 2 saturated carbocycles. The molecule has 2 aliphatic carbocycles. The lowest BCUT2D eigenvalue weighted by Crippen LogP contribution is -2.16. The molecule has 0 unspecified atom stereocenters. The zero-order valence-electron chi connectivity index (χ0n) is 6.96. The molecule has 0 heterocycles. The van der Waals surface area contributed by atoms with Crippen molar-refractivity contribution in [3.8, 4) is 0 Å². The van der Waals surface area contributed by atoms with Crippen LogP contribution in [0.2, 0.25) is 0 Å². The lowest BCUT2D eigenvalue weighted by Gasteiger charge is -2.24. The van der Waals surface area contributed by atoms with Crippen molar-refractivity contribution in [3.05, 3.63) is 0 Å². The predicted octanol–water partition coefficient (Wildman–Crippen LogP) is 2.40. The van der Waals surface area contributed by atoms with Gasteiger partial charge in [0, 0.05) is 5.92 Å². The SMILES string of the molecule is O=C[C@H]1CC[C@H](C2CC2)CC1. The molecule has 62 valence electrons. The van der Waals surface area contributed by atoms with Crippen molar-refractivity contribution in [3.63, 3.8) is 0 Å². The second kappa shape index (κ2) is 2.96. The Morgan fingerprint density at radius 3 is 1.64 bits per heavy atom. The first-order chi connectivity index (χ1) is 5.40. The van der Waals surface area contributed by atoms with Crippen LogP contribution in [0.3, 0.4) is 0 Å². The highest BCUT2D eigenvalue weighted by atomic mass is 16.1. The van der Waals surface area contributed by atoms with Gasteiger partial charge in [-0.15, -0.1) is 0 Å². The molecule has 1 nitrogen and oxygen atoms in total. The number of hydrogen-bond acceptors (Lipinski definition) is 1. The summed E-state index contributed by atoms with van der Waals surface area (Å²) in [6.07, 6.45) is 9.09. The highest BCUT2D eigenvalue weighted by Gasteiger charge is 2.33. The maximum atomic E-state index is 10.5. The van der Waals surface area contributed by atoms with Gasteiger partial charge in [0.2, 0.25) is 0 Å². The number of aldehydes is 1. The first kappa shape index (κ1) is 7.33. The Kier molecular flexibility index (Phi) is 1.97. The summed E-state index contributed by atoms with van der Waals surface area (Å²) in [4.78, 5) is 10.5. The van der Waals surface area contributed by atoms with Gasteiger partial charge in [-0.2, -0.15) is 0 Å². The van der Waals surface area contributed by atoms with Crippen molar-refractivity contribution in [2.24, 2.45) is 17.8 Å². The maximum Gasteiger partial charge on any atom is 0.123 e. The van der Waals surface area contributed by atoms with E-state index in [1.54, 1.807) is 0 Å². The van der Waals surface area contributed by atoms with Gasteiger partial charge in [0.25, 0.3) is 0 Å². The molecule has 0 amide bonds. The van der Waals surface area contributed by atoms with Gasteiger partial charge in [-0.3, -0.25) is 0 Å². The predicted molar refractivity (Wildman–Crippen MR) is 44.2 cm³/mol. The second-order valence-corrected chi connectivity index (χ2v) is 4.15. The van der Waals surface area contributed by atoms with Gasteiger partial charge >= 0.3 is 0 Å². The van der Waals surface area contributed by atoms with E-state index in [4.69, 9.17) is 0 Å². The average molecular weight is 152 g/mol. The van der Waals surface area contributed by atoms with Crippen molar-refractivity contribution >= 4 is 6.29 Å². The van der Waals surface area contributed by atoms with Gasteiger partial charge in [-0.25, -0.2) is 0 Å². The van der Waals surface area contributed by atoms with Crippen LogP contribution in [0.5, 0.6) is 0 Å². The molecule has 0 aromatic carbocycles. The quantitative estimate of drug-likeness (QED) is 0.555. The molecule has 2 rings (SSSR count). The zero-order valence-corrected chi connectivity index (χ0v) is 6.96. The van der Waals surface area contributed by atoms with Crippen molar-refractivity contribution < 1.29 is 4.79 Å². The minimum absolute atomic E-state index is 0.407. The summed E-state index contributed by atoms with van der Waals surface area (Å²) >= 11 is 0. The first-order valence-corrected chi connectivity index (χ1v) is 4.85. The summed E-state index contributed by atoms with van der Waals surface area (Å²) in [7, 11) is 0. The van der Waals surface area contributed by atoms with Crippen molar-refractivity contribution in [2.75, 3.05) is 0 Å². The second-order valence-electron chi connectivity index (χ2n) is 4.15. The van der Waals surface area contributed by atoms with E-state index in [9.17, 15) is 4.79 Å². The lowest BCUT2D eigenvalue weighted by molar-refractivity contribution is -0.112. The monoisotopic (exact) mass is 152 g/mol. The van der Waals surface area contributed by atoms with Gasteiger partial charge < -0.3 is 4.79 Å². The maximum absolute atomic E-state index is 10.5. The Morgan fingerprint density at radius 2 is 1.27 bits per heavy atom. The fraction of sp³-hybridized carbons (Fsp3) is 0.900. The molecule has 1 heteroatoms. The summed E-state index contributed by atoms with van der Waals surface area (Å²) in [5.41, 5.74) is 0. The number of hydrogen-bond donors (Lipinski definition) is 0. The zero-order chi connectivity index (χ0) is 7.68. The van der Waals surface area contributed by atoms with E-state index in [1.165, 1.54) is 38.5 Å². The van der Waals surface area contributed by atoms with E-state index in [2.05, 4.69) is 0 Å². The Labute approximate surface area is 68.2 Å². The molecule has 11 heavy (non-hydrogen) atoms. The molecule has 0 aromatic rings. The molecule has 0 bridgehead atoms.